The number of nitrogens with one attached hydrogen (secondary N) is 1. The van der Waals surface area contributed by atoms with Crippen LogP contribution < -0.4 is 5.32 Å². The summed E-state index contributed by atoms with van der Waals surface area (Å²) in [5.74, 6) is 0.0968. The lowest BCUT2D eigenvalue weighted by molar-refractivity contribution is -0.149. The Morgan fingerprint density at radius 2 is 2.13 bits per heavy atom. The van der Waals surface area contributed by atoms with Crippen molar-refractivity contribution in [3.8, 4) is 0 Å². The highest BCUT2D eigenvalue weighted by Gasteiger charge is 2.27. The van der Waals surface area contributed by atoms with Crippen molar-refractivity contribution in [1.82, 2.24) is 10.2 Å². The molecule has 1 heterocycles. The first-order valence-electron chi connectivity index (χ1n) is 5.77. The normalized spacial score (nSPS) is 21.3. The van der Waals surface area contributed by atoms with Crippen molar-refractivity contribution >= 4 is 5.97 Å². The van der Waals surface area contributed by atoms with Gasteiger partial charge in [-0.15, -0.1) is 0 Å². The molecule has 0 aliphatic carbocycles. The van der Waals surface area contributed by atoms with Gasteiger partial charge in [-0.1, -0.05) is 0 Å². The van der Waals surface area contributed by atoms with E-state index < -0.39 is 0 Å². The van der Waals surface area contributed by atoms with E-state index >= 15 is 0 Å². The second-order valence-corrected chi connectivity index (χ2v) is 4.03. The lowest BCUT2D eigenvalue weighted by Gasteiger charge is -2.34. The maximum absolute atomic E-state index is 11.5. The molecule has 0 aromatic carbocycles. The van der Waals surface area contributed by atoms with Crippen LogP contribution in [0.4, 0.5) is 0 Å². The predicted octanol–water partition coefficient (Wildman–Crippen LogP) is 0.827. The van der Waals surface area contributed by atoms with Crippen LogP contribution in [0.3, 0.4) is 0 Å². The van der Waals surface area contributed by atoms with E-state index in [4.69, 9.17) is 4.74 Å². The molecule has 15 heavy (non-hydrogen) atoms. The second kappa shape index (κ2) is 6.08. The predicted molar refractivity (Wildman–Crippen MR) is 59.5 cm³/mol. The Hall–Kier alpha value is -0.610. The number of carbonyl (C=O) groups excluding carboxylic acids is 1. The molecule has 0 amide bonds. The number of nitrogens with zero attached hydrogens (tertiary/aromatic N) is 1. The third-order valence-electron chi connectivity index (χ3n) is 3.11. The third kappa shape index (κ3) is 3.47. The quantitative estimate of drug-likeness (QED) is 0.704. The summed E-state index contributed by atoms with van der Waals surface area (Å²) < 4.78 is 5.03. The maximum Gasteiger partial charge on any atom is 0.309 e. The van der Waals surface area contributed by atoms with Crippen molar-refractivity contribution in [2.45, 2.75) is 32.9 Å². The highest BCUT2D eigenvalue weighted by molar-refractivity contribution is 5.72. The molecule has 1 aliphatic rings. The van der Waals surface area contributed by atoms with Crippen molar-refractivity contribution in [1.29, 1.82) is 0 Å². The Bertz CT molecular complexity index is 201. The first-order valence-corrected chi connectivity index (χ1v) is 5.77. The maximum atomic E-state index is 11.5. The van der Waals surface area contributed by atoms with Crippen molar-refractivity contribution in [2.24, 2.45) is 5.92 Å². The molecule has 0 aromatic heterocycles. The number of likely N-dealkylation sites (tertiary alicyclic amines) is 1. The van der Waals surface area contributed by atoms with Crippen LogP contribution in [0.15, 0.2) is 0 Å². The van der Waals surface area contributed by atoms with E-state index in [0.29, 0.717) is 12.8 Å². The number of esters is 1. The Kier molecular flexibility index (Phi) is 5.05. The minimum Gasteiger partial charge on any atom is -0.466 e. The highest BCUT2D eigenvalue weighted by Crippen LogP contribution is 2.19. The van der Waals surface area contributed by atoms with Gasteiger partial charge < -0.3 is 10.1 Å². The molecular formula is C11H22N2O2. The number of hydrogen-bond acceptors (Lipinski definition) is 4. The first kappa shape index (κ1) is 12.5. The molecule has 0 spiro atoms. The van der Waals surface area contributed by atoms with E-state index in [1.165, 1.54) is 0 Å². The van der Waals surface area contributed by atoms with Gasteiger partial charge in [0.15, 0.2) is 0 Å². The number of rotatable bonds is 4. The van der Waals surface area contributed by atoms with Crippen molar-refractivity contribution in [3.63, 3.8) is 0 Å². The minimum absolute atomic E-state index is 0.0192. The molecule has 0 bridgehead atoms. The first-order chi connectivity index (χ1) is 7.19. The Balaban J connectivity index is 2.32. The van der Waals surface area contributed by atoms with Crippen molar-refractivity contribution < 1.29 is 9.53 Å². The average molecular weight is 214 g/mol. The molecule has 0 saturated carbocycles. The minimum atomic E-state index is -0.0192. The summed E-state index contributed by atoms with van der Waals surface area (Å²) in [7, 11) is 1.96. The van der Waals surface area contributed by atoms with Gasteiger partial charge in [-0.05, 0) is 33.7 Å². The van der Waals surface area contributed by atoms with Crippen LogP contribution in [0, 0.1) is 5.92 Å². The lowest BCUT2D eigenvalue weighted by Crippen LogP contribution is -2.47. The number of hydrogen-bond donors (Lipinski definition) is 1. The Morgan fingerprint density at radius 3 is 2.60 bits per heavy atom. The van der Waals surface area contributed by atoms with Crippen molar-refractivity contribution in [2.75, 3.05) is 26.7 Å². The van der Waals surface area contributed by atoms with Gasteiger partial charge in [0.25, 0.3) is 0 Å². The second-order valence-electron chi connectivity index (χ2n) is 4.03. The summed E-state index contributed by atoms with van der Waals surface area (Å²) in [6, 6.07) is 0. The lowest BCUT2D eigenvalue weighted by atomic mass is 9.97. The monoisotopic (exact) mass is 214 g/mol. The summed E-state index contributed by atoms with van der Waals surface area (Å²) in [6.07, 6.45) is 2.24. The molecule has 1 unspecified atom stereocenters. The molecule has 4 heteroatoms. The number of piperidine rings is 1. The summed E-state index contributed by atoms with van der Waals surface area (Å²) in [5, 5.41) is 3.21. The fraction of sp³-hybridized carbons (Fsp3) is 0.909. The molecule has 4 nitrogen and oxygen atoms in total. The van der Waals surface area contributed by atoms with E-state index in [0.717, 1.165) is 25.9 Å². The molecule has 1 N–H and O–H groups in total. The number of ether oxygens (including phenoxy) is 1. The molecule has 0 radical (unpaired) electrons. The van der Waals surface area contributed by atoms with Crippen LogP contribution in [0.25, 0.3) is 0 Å². The van der Waals surface area contributed by atoms with Gasteiger partial charge in [-0.2, -0.15) is 0 Å². The van der Waals surface area contributed by atoms with Gasteiger partial charge >= 0.3 is 5.97 Å². The topological polar surface area (TPSA) is 41.6 Å². The van der Waals surface area contributed by atoms with Gasteiger partial charge in [0.1, 0.15) is 0 Å². The zero-order valence-corrected chi connectivity index (χ0v) is 9.95. The summed E-state index contributed by atoms with van der Waals surface area (Å²) in [6.45, 7) is 6.45. The largest absolute Gasteiger partial charge is 0.466 e. The molecule has 1 rings (SSSR count). The summed E-state index contributed by atoms with van der Waals surface area (Å²) in [5.41, 5.74) is 0. The molecule has 1 atom stereocenters. The van der Waals surface area contributed by atoms with Crippen LogP contribution in [0.5, 0.6) is 0 Å². The van der Waals surface area contributed by atoms with Crippen LogP contribution in [0.1, 0.15) is 26.7 Å². The Labute approximate surface area is 92.0 Å². The van der Waals surface area contributed by atoms with E-state index in [-0.39, 0.29) is 11.9 Å². The van der Waals surface area contributed by atoms with Crippen LogP contribution >= 0.6 is 0 Å². The molecule has 1 saturated heterocycles. The fourth-order valence-corrected chi connectivity index (χ4v) is 1.97. The molecule has 1 fully saturated rings. The van der Waals surface area contributed by atoms with Gasteiger partial charge in [-0.25, -0.2) is 0 Å². The number of carbonyl (C=O) groups is 1. The average Bonchev–Trinajstić information content (AvgIpc) is 2.28. The summed E-state index contributed by atoms with van der Waals surface area (Å²) >= 11 is 0. The van der Waals surface area contributed by atoms with E-state index in [1.807, 2.05) is 14.0 Å². The van der Waals surface area contributed by atoms with Gasteiger partial charge in [-0.3, -0.25) is 9.69 Å². The smallest absolute Gasteiger partial charge is 0.309 e. The zero-order valence-electron chi connectivity index (χ0n) is 9.95. The van der Waals surface area contributed by atoms with Crippen LogP contribution in [-0.4, -0.2) is 43.8 Å². The van der Waals surface area contributed by atoms with E-state index in [2.05, 4.69) is 17.1 Å². The molecule has 0 aromatic rings. The van der Waals surface area contributed by atoms with Gasteiger partial charge in [0.05, 0.1) is 18.7 Å². The van der Waals surface area contributed by atoms with Gasteiger partial charge in [0.2, 0.25) is 0 Å². The van der Waals surface area contributed by atoms with Gasteiger partial charge in [0, 0.05) is 13.1 Å². The molecular weight excluding hydrogens is 192 g/mol. The highest BCUT2D eigenvalue weighted by atomic mass is 16.5. The fourth-order valence-electron chi connectivity index (χ4n) is 1.97. The molecule has 1 aliphatic heterocycles. The summed E-state index contributed by atoms with van der Waals surface area (Å²) in [4.78, 5) is 13.8. The van der Waals surface area contributed by atoms with Crippen molar-refractivity contribution in [3.05, 3.63) is 0 Å². The zero-order chi connectivity index (χ0) is 11.3. The van der Waals surface area contributed by atoms with Crippen LogP contribution in [-0.2, 0) is 9.53 Å². The van der Waals surface area contributed by atoms with Crippen LogP contribution in [0.2, 0.25) is 0 Å². The van der Waals surface area contributed by atoms with E-state index in [9.17, 15) is 4.79 Å². The molecule has 88 valence electrons. The standard InChI is InChI=1S/C11H22N2O2/c1-4-15-11(14)10-5-7-13(8-6-10)9(2)12-3/h9-10,12H,4-8H2,1-3H3. The van der Waals surface area contributed by atoms with E-state index in [1.54, 1.807) is 0 Å². The SMILES string of the molecule is CCOC(=O)C1CCN(C(C)NC)CC1. The third-order valence-corrected chi connectivity index (χ3v) is 3.11. The Morgan fingerprint density at radius 1 is 1.53 bits per heavy atom.